The molecule has 0 saturated carbocycles. The summed E-state index contributed by atoms with van der Waals surface area (Å²) in [6, 6.07) is 11.9. The average Bonchev–Trinajstić information content (AvgIpc) is 3.21. The van der Waals surface area contributed by atoms with Crippen LogP contribution in [-0.2, 0) is 4.79 Å². The molecule has 0 bridgehead atoms. The second-order valence-electron chi connectivity index (χ2n) is 6.03. The van der Waals surface area contributed by atoms with Crippen LogP contribution in [0, 0.1) is 6.92 Å². The minimum Gasteiger partial charge on any atom is -0.395 e. The van der Waals surface area contributed by atoms with Crippen LogP contribution in [0.1, 0.15) is 5.56 Å². The maximum Gasteiger partial charge on any atom is 0.586 e. The van der Waals surface area contributed by atoms with E-state index in [1.807, 2.05) is 31.2 Å². The van der Waals surface area contributed by atoms with Crippen molar-refractivity contribution in [1.29, 1.82) is 0 Å². The van der Waals surface area contributed by atoms with E-state index in [1.165, 1.54) is 41.3 Å². The van der Waals surface area contributed by atoms with Crippen LogP contribution >= 0.6 is 23.1 Å². The zero-order valence-electron chi connectivity index (χ0n) is 14.9. The topological polar surface area (TPSA) is 85.4 Å². The first-order valence-electron chi connectivity index (χ1n) is 8.36. The van der Waals surface area contributed by atoms with Crippen LogP contribution in [0.25, 0.3) is 0 Å². The Morgan fingerprint density at radius 2 is 1.97 bits per heavy atom. The van der Waals surface area contributed by atoms with E-state index in [0.29, 0.717) is 15.2 Å². The predicted octanol–water partition coefficient (Wildman–Crippen LogP) is 4.64. The first kappa shape index (κ1) is 19.4. The summed E-state index contributed by atoms with van der Waals surface area (Å²) in [5.74, 6) is -0.436. The Morgan fingerprint density at radius 1 is 1.14 bits per heavy atom. The molecule has 0 spiro atoms. The molecular formula is C18H14F2N4O3S2. The van der Waals surface area contributed by atoms with Gasteiger partial charge in [0.25, 0.3) is 0 Å². The fraction of sp³-hybridized carbons (Fsp3) is 0.167. The number of hydrogen-bond donors (Lipinski definition) is 2. The van der Waals surface area contributed by atoms with Crippen LogP contribution in [0.3, 0.4) is 0 Å². The maximum atomic E-state index is 13.0. The van der Waals surface area contributed by atoms with E-state index in [0.717, 1.165) is 11.3 Å². The van der Waals surface area contributed by atoms with Gasteiger partial charge in [-0.2, -0.15) is 0 Å². The molecule has 150 valence electrons. The Labute approximate surface area is 172 Å². The molecule has 1 aliphatic heterocycles. The Balaban J connectivity index is 1.30. The number of anilines is 3. The predicted molar refractivity (Wildman–Crippen MR) is 106 cm³/mol. The first-order chi connectivity index (χ1) is 13.9. The molecule has 1 aromatic heterocycles. The standard InChI is InChI=1S/C18H14F2N4O3S2/c1-10-3-2-4-11(7-10)22-16-23-24-17(29-16)28-9-15(25)21-12-5-6-13-14(8-12)27-18(19,20)26-13/h2-8H,9H2,1H3,(H,21,25)(H,22,23). The van der Waals surface area contributed by atoms with Crippen molar-refractivity contribution in [3.8, 4) is 11.5 Å². The van der Waals surface area contributed by atoms with Gasteiger partial charge in [0.2, 0.25) is 11.0 Å². The minimum atomic E-state index is -3.69. The van der Waals surface area contributed by atoms with E-state index in [9.17, 15) is 13.6 Å². The van der Waals surface area contributed by atoms with Gasteiger partial charge in [-0.3, -0.25) is 4.79 Å². The van der Waals surface area contributed by atoms with Crippen molar-refractivity contribution in [1.82, 2.24) is 10.2 Å². The summed E-state index contributed by atoms with van der Waals surface area (Å²) < 4.78 is 35.4. The Kier molecular flexibility index (Phi) is 5.24. The first-order valence-corrected chi connectivity index (χ1v) is 10.2. The number of alkyl halides is 2. The maximum absolute atomic E-state index is 13.0. The van der Waals surface area contributed by atoms with Gasteiger partial charge in [0, 0.05) is 17.4 Å². The second-order valence-corrected chi connectivity index (χ2v) is 8.23. The van der Waals surface area contributed by atoms with Gasteiger partial charge in [-0.05, 0) is 36.8 Å². The lowest BCUT2D eigenvalue weighted by Gasteiger charge is -2.05. The number of nitrogens with zero attached hydrogens (tertiary/aromatic N) is 2. The largest absolute Gasteiger partial charge is 0.586 e. The number of thioether (sulfide) groups is 1. The fourth-order valence-electron chi connectivity index (χ4n) is 2.52. The number of halogens is 2. The SMILES string of the molecule is Cc1cccc(Nc2nnc(SCC(=O)Nc3ccc4c(c3)OC(F)(F)O4)s2)c1. The zero-order chi connectivity index (χ0) is 20.4. The van der Waals surface area contributed by atoms with Gasteiger partial charge in [-0.15, -0.1) is 19.0 Å². The van der Waals surface area contributed by atoms with Crippen molar-refractivity contribution in [2.45, 2.75) is 17.6 Å². The number of carbonyl (C=O) groups is 1. The quantitative estimate of drug-likeness (QED) is 0.545. The molecule has 0 radical (unpaired) electrons. The molecule has 3 aromatic rings. The third kappa shape index (κ3) is 4.93. The zero-order valence-corrected chi connectivity index (χ0v) is 16.6. The van der Waals surface area contributed by atoms with Crippen LogP contribution in [-0.4, -0.2) is 28.2 Å². The molecule has 0 unspecified atom stereocenters. The third-order valence-electron chi connectivity index (χ3n) is 3.69. The lowest BCUT2D eigenvalue weighted by Crippen LogP contribution is -2.25. The Bertz CT molecular complexity index is 1060. The summed E-state index contributed by atoms with van der Waals surface area (Å²) in [5.41, 5.74) is 2.36. The summed E-state index contributed by atoms with van der Waals surface area (Å²) in [7, 11) is 0. The highest BCUT2D eigenvalue weighted by Crippen LogP contribution is 2.42. The molecule has 1 amide bonds. The molecule has 2 aromatic carbocycles. The number of nitrogens with one attached hydrogen (secondary N) is 2. The Morgan fingerprint density at radius 3 is 2.79 bits per heavy atom. The van der Waals surface area contributed by atoms with Gasteiger partial charge in [0.1, 0.15) is 0 Å². The van der Waals surface area contributed by atoms with Gasteiger partial charge < -0.3 is 20.1 Å². The van der Waals surface area contributed by atoms with Gasteiger partial charge in [-0.25, -0.2) is 0 Å². The molecule has 11 heteroatoms. The van der Waals surface area contributed by atoms with Crippen molar-refractivity contribution in [3.63, 3.8) is 0 Å². The number of amides is 1. The van der Waals surface area contributed by atoms with Crippen LogP contribution < -0.4 is 20.1 Å². The molecule has 0 fully saturated rings. The fourth-order valence-corrected chi connectivity index (χ4v) is 4.09. The van der Waals surface area contributed by atoms with Crippen LogP contribution in [0.4, 0.5) is 25.3 Å². The normalized spacial score (nSPS) is 13.9. The number of ether oxygens (including phenoxy) is 2. The molecule has 0 aliphatic carbocycles. The lowest BCUT2D eigenvalue weighted by molar-refractivity contribution is -0.286. The van der Waals surface area contributed by atoms with Crippen molar-refractivity contribution in [3.05, 3.63) is 48.0 Å². The average molecular weight is 436 g/mol. The van der Waals surface area contributed by atoms with E-state index in [-0.39, 0.29) is 23.2 Å². The molecule has 4 rings (SSSR count). The van der Waals surface area contributed by atoms with E-state index in [4.69, 9.17) is 0 Å². The second kappa shape index (κ2) is 7.84. The summed E-state index contributed by atoms with van der Waals surface area (Å²) >= 11 is 2.55. The molecule has 2 N–H and O–H groups in total. The highest BCUT2D eigenvalue weighted by Gasteiger charge is 2.43. The third-order valence-corrected chi connectivity index (χ3v) is 5.66. The summed E-state index contributed by atoms with van der Waals surface area (Å²) in [4.78, 5) is 12.1. The molecule has 7 nitrogen and oxygen atoms in total. The number of benzene rings is 2. The monoisotopic (exact) mass is 436 g/mol. The van der Waals surface area contributed by atoms with E-state index < -0.39 is 6.29 Å². The van der Waals surface area contributed by atoms with Crippen LogP contribution in [0.2, 0.25) is 0 Å². The van der Waals surface area contributed by atoms with Crippen molar-refractivity contribution >= 4 is 45.5 Å². The Hall–Kier alpha value is -2.92. The summed E-state index contributed by atoms with van der Waals surface area (Å²) in [6.45, 7) is 2.00. The molecular weight excluding hydrogens is 422 g/mol. The van der Waals surface area contributed by atoms with E-state index >= 15 is 0 Å². The van der Waals surface area contributed by atoms with E-state index in [1.54, 1.807) is 0 Å². The summed E-state index contributed by atoms with van der Waals surface area (Å²) in [5, 5.41) is 14.5. The number of hydrogen-bond acceptors (Lipinski definition) is 8. The van der Waals surface area contributed by atoms with Gasteiger partial charge in [0.15, 0.2) is 15.8 Å². The number of aromatic nitrogens is 2. The molecule has 29 heavy (non-hydrogen) atoms. The molecule has 2 heterocycles. The number of fused-ring (bicyclic) bond motifs is 1. The van der Waals surface area contributed by atoms with Crippen LogP contribution in [0.15, 0.2) is 46.8 Å². The van der Waals surface area contributed by atoms with E-state index in [2.05, 4.69) is 30.3 Å². The lowest BCUT2D eigenvalue weighted by atomic mass is 10.2. The van der Waals surface area contributed by atoms with Gasteiger partial charge in [-0.1, -0.05) is 35.2 Å². The smallest absolute Gasteiger partial charge is 0.395 e. The van der Waals surface area contributed by atoms with Gasteiger partial charge >= 0.3 is 6.29 Å². The van der Waals surface area contributed by atoms with Crippen LogP contribution in [0.5, 0.6) is 11.5 Å². The van der Waals surface area contributed by atoms with Crippen molar-refractivity contribution < 1.29 is 23.0 Å². The summed E-state index contributed by atoms with van der Waals surface area (Å²) in [6.07, 6.45) is -3.69. The van der Waals surface area contributed by atoms with Crippen molar-refractivity contribution in [2.24, 2.45) is 0 Å². The highest BCUT2D eigenvalue weighted by atomic mass is 32.2. The van der Waals surface area contributed by atoms with Crippen molar-refractivity contribution in [2.75, 3.05) is 16.4 Å². The number of aryl methyl sites for hydroxylation is 1. The minimum absolute atomic E-state index is 0.0788. The number of carbonyl (C=O) groups excluding carboxylic acids is 1. The molecule has 0 saturated heterocycles. The molecule has 0 atom stereocenters. The molecule has 1 aliphatic rings. The number of rotatable bonds is 6. The highest BCUT2D eigenvalue weighted by molar-refractivity contribution is 8.01. The van der Waals surface area contributed by atoms with Gasteiger partial charge in [0.05, 0.1) is 5.75 Å².